The van der Waals surface area contributed by atoms with Crippen molar-refractivity contribution < 1.29 is 142 Å². The highest BCUT2D eigenvalue weighted by Crippen LogP contribution is 2.76. The van der Waals surface area contributed by atoms with Crippen LogP contribution in [0.1, 0.15) is 131 Å². The van der Waals surface area contributed by atoms with Gasteiger partial charge in [0.15, 0.2) is 49.6 Å². The van der Waals surface area contributed by atoms with Crippen molar-refractivity contribution in [1.82, 2.24) is 0 Å². The molecular formula is C72H104O29. The second kappa shape index (κ2) is 29.3. The predicted octanol–water partition coefficient (Wildman–Crippen LogP) is 0.593. The summed E-state index contributed by atoms with van der Waals surface area (Å²) in [4.78, 5) is 70.3. The van der Waals surface area contributed by atoms with Crippen LogP contribution in [0.3, 0.4) is 0 Å². The number of carboxylic acids is 1. The second-order valence-corrected chi connectivity index (χ2v) is 32.3. The van der Waals surface area contributed by atoms with Crippen molar-refractivity contribution in [2.24, 2.45) is 68.0 Å². The van der Waals surface area contributed by atoms with E-state index in [9.17, 15) is 85.6 Å². The number of aldehydes is 1. The van der Waals surface area contributed by atoms with Gasteiger partial charge in [-0.2, -0.15) is 0 Å². The first-order valence-electron chi connectivity index (χ1n) is 35.4. The minimum Gasteiger partial charge on any atom is -0.479 e. The maximum absolute atomic E-state index is 16.0. The Morgan fingerprint density at radius 2 is 1.32 bits per heavy atom. The van der Waals surface area contributed by atoms with Crippen LogP contribution in [0, 0.1) is 74.9 Å². The molecule has 35 atom stereocenters. The van der Waals surface area contributed by atoms with Crippen molar-refractivity contribution in [1.29, 1.82) is 0 Å². The number of rotatable bonds is 17. The molecule has 9 fully saturated rings. The third kappa shape index (κ3) is 13.8. The molecule has 101 heavy (non-hydrogen) atoms. The molecular weight excluding hydrogens is 1330 g/mol. The zero-order valence-corrected chi connectivity index (χ0v) is 58.6. The Kier molecular flexibility index (Phi) is 22.5. The van der Waals surface area contributed by atoms with E-state index < -0.39 is 241 Å². The van der Waals surface area contributed by atoms with Gasteiger partial charge in [-0.05, 0) is 135 Å². The normalized spacial score (nSPS) is 49.6. The van der Waals surface area contributed by atoms with E-state index in [1.807, 2.05) is 31.2 Å². The standard InChI is InChI=1S/C72H104O29/c1-31-11-13-35(14-12-31)15-18-45(78)96-54-33(3)92-64(59(57(54)93-34(4)75)94-40-25-32(2)46(79)50(83)49(40)82)101-66(90)72-24-23-67(5,6)26-38(72)37-16-17-42-68(7)21-20-44(69(8,30-74)41(68)19-22-70(42,9)71(37,10)27-43(72)77)95-65-58(99-62-36(28-73)47(80)51(84)61(89)100-62)55(53(86)56(98-65)60(87)88)97-63-52(85)48(81)39(76)29-91-63/h11-18,30,32-33,36-44,46-59,61-65,73,76-77,79-86,89H,19-29H2,1-10H3,(H,87,88)/b18-15+/t32-,33+,36+,37?,38+,39-,40?,41-,42-,43-,44+,46+,47-,48+,49+,50-,51-,52-,53-,54-,55+,56-,57-,58-,59+,61-,62+,63+,64-,65-,68+,69+,70-,71-,72-/m1/s1. The van der Waals surface area contributed by atoms with Crippen molar-refractivity contribution in [3.63, 3.8) is 0 Å². The van der Waals surface area contributed by atoms with E-state index in [2.05, 4.69) is 46.8 Å². The molecule has 1 aromatic carbocycles. The number of aryl methyl sites for hydroxylation is 1. The Morgan fingerprint density at radius 3 is 1.98 bits per heavy atom. The summed E-state index contributed by atoms with van der Waals surface area (Å²) in [6, 6.07) is 7.36. The Balaban J connectivity index is 0.894. The zero-order chi connectivity index (χ0) is 73.7. The largest absolute Gasteiger partial charge is 0.479 e. The van der Waals surface area contributed by atoms with E-state index in [4.69, 9.17) is 52.1 Å². The minimum absolute atomic E-state index is 0.0255. The van der Waals surface area contributed by atoms with Gasteiger partial charge in [0.2, 0.25) is 6.29 Å². The highest BCUT2D eigenvalue weighted by Gasteiger charge is 2.74. The van der Waals surface area contributed by atoms with Gasteiger partial charge in [0.05, 0.1) is 66.6 Å². The quantitative estimate of drug-likeness (QED) is 0.0253. The Morgan fingerprint density at radius 1 is 0.634 bits per heavy atom. The van der Waals surface area contributed by atoms with E-state index in [1.165, 1.54) is 13.0 Å². The molecule has 11 rings (SSSR count). The van der Waals surface area contributed by atoms with Gasteiger partial charge in [-0.1, -0.05) is 90.4 Å². The number of hydrogen-bond donors (Lipinski definition) is 13. The van der Waals surface area contributed by atoms with Gasteiger partial charge in [-0.25, -0.2) is 9.59 Å². The molecule has 1 aromatic rings. The first kappa shape index (κ1) is 77.5. The van der Waals surface area contributed by atoms with Crippen molar-refractivity contribution in [2.45, 2.75) is 274 Å². The van der Waals surface area contributed by atoms with Crippen LogP contribution in [0.4, 0.5) is 0 Å². The van der Waals surface area contributed by atoms with Crippen molar-refractivity contribution in [2.75, 3.05) is 13.2 Å². The van der Waals surface area contributed by atoms with Crippen LogP contribution in [0.15, 0.2) is 42.5 Å². The Hall–Kier alpha value is -4.55. The number of carbonyl (C=O) groups excluding carboxylic acids is 4. The van der Waals surface area contributed by atoms with Gasteiger partial charge in [0, 0.05) is 13.0 Å². The molecule has 4 heterocycles. The predicted molar refractivity (Wildman–Crippen MR) is 345 cm³/mol. The number of ether oxygens (including phenoxy) is 11. The summed E-state index contributed by atoms with van der Waals surface area (Å²) in [5.74, 6) is -8.15. The fraction of sp³-hybridized carbons (Fsp3) is 0.792. The molecule has 0 amide bonds. The number of esters is 3. The zero-order valence-electron chi connectivity index (χ0n) is 58.6. The summed E-state index contributed by atoms with van der Waals surface area (Å²) in [5.41, 5.74) is -3.87. The van der Waals surface area contributed by atoms with Crippen LogP contribution in [-0.2, 0) is 76.1 Å². The topological polar surface area (TPSA) is 450 Å². The van der Waals surface area contributed by atoms with Gasteiger partial charge >= 0.3 is 23.9 Å². The molecule has 6 aliphatic carbocycles. The van der Waals surface area contributed by atoms with Gasteiger partial charge in [-0.3, -0.25) is 9.59 Å². The SMILES string of the molecule is CC(=O)O[C@H]1[C@H](OC2C[C@@H](C)[C@H](O)[C@@H](O)[C@H]2O)[C@@H](OC(=O)[C@]23CCC(C)(C)C[C@H]2C2C=C[C@@H]4[C@@]5(C)CC[C@H](O[C@@H]6O[C@@H](C(=O)O)[C@H](O)[C@H](O[C@@H]7OC[C@@H](O)[C@H](O)[C@H]7O)[C@H]6O[C@H]6O[C@@H](O)[C@H](O)[C@H](O)[C@@H]6CO)[C@@](C)(C=O)[C@@H]5CC[C@@]4(C)[C@]2(C)C[C@H]3O)O[C@@H](C)[C@H]1OC(=O)/C=C/c1ccc(C)cc1. The molecule has 0 bridgehead atoms. The lowest BCUT2D eigenvalue weighted by atomic mass is 9.32. The molecule has 5 saturated carbocycles. The summed E-state index contributed by atoms with van der Waals surface area (Å²) >= 11 is 0. The number of aliphatic hydroxyl groups excluding tert-OH is 12. The molecule has 2 unspecified atom stereocenters. The Labute approximate surface area is 585 Å². The van der Waals surface area contributed by atoms with E-state index >= 15 is 4.79 Å². The average Bonchev–Trinajstić information content (AvgIpc) is 0.671. The molecule has 10 aliphatic rings. The summed E-state index contributed by atoms with van der Waals surface area (Å²) in [6.07, 6.45) is -30.9. The molecule has 0 aromatic heterocycles. The summed E-state index contributed by atoms with van der Waals surface area (Å²) in [7, 11) is 0. The van der Waals surface area contributed by atoms with Gasteiger partial charge < -0.3 is 123 Å². The van der Waals surface area contributed by atoms with Gasteiger partial charge in [-0.15, -0.1) is 0 Å². The lowest BCUT2D eigenvalue weighted by Gasteiger charge is -2.72. The summed E-state index contributed by atoms with van der Waals surface area (Å²) in [6.45, 7) is 17.1. The first-order chi connectivity index (χ1) is 47.4. The molecule has 0 radical (unpaired) electrons. The highest BCUT2D eigenvalue weighted by atomic mass is 16.8. The van der Waals surface area contributed by atoms with Crippen LogP contribution in [0.2, 0.25) is 0 Å². The molecule has 566 valence electrons. The van der Waals surface area contributed by atoms with Crippen LogP contribution in [0.5, 0.6) is 0 Å². The lowest BCUT2D eigenvalue weighted by Crippen LogP contribution is -2.70. The fourth-order valence-electron chi connectivity index (χ4n) is 19.6. The number of fused-ring (bicyclic) bond motifs is 7. The molecule has 29 nitrogen and oxygen atoms in total. The molecule has 4 saturated heterocycles. The van der Waals surface area contributed by atoms with Crippen LogP contribution in [-0.4, -0.2) is 257 Å². The number of carbonyl (C=O) groups is 5. The average molecular weight is 1430 g/mol. The summed E-state index contributed by atoms with van der Waals surface area (Å²) < 4.78 is 68.0. The molecule has 0 spiro atoms. The van der Waals surface area contributed by atoms with Crippen molar-refractivity contribution in [3.05, 3.63) is 53.6 Å². The van der Waals surface area contributed by atoms with Crippen molar-refractivity contribution >= 4 is 36.2 Å². The molecule has 4 aliphatic heterocycles. The fourth-order valence-corrected chi connectivity index (χ4v) is 19.6. The van der Waals surface area contributed by atoms with Crippen LogP contribution >= 0.6 is 0 Å². The smallest absolute Gasteiger partial charge is 0.335 e. The highest BCUT2D eigenvalue weighted by molar-refractivity contribution is 5.87. The van der Waals surface area contributed by atoms with Gasteiger partial charge in [0.1, 0.15) is 61.2 Å². The third-order valence-electron chi connectivity index (χ3n) is 25.6. The number of aliphatic carboxylic acids is 1. The maximum Gasteiger partial charge on any atom is 0.335 e. The van der Waals surface area contributed by atoms with E-state index in [0.29, 0.717) is 37.7 Å². The number of carboxylic acid groups (broad SMARTS) is 1. The third-order valence-corrected chi connectivity index (χ3v) is 25.6. The monoisotopic (exact) mass is 1430 g/mol. The number of aliphatic hydroxyl groups is 12. The van der Waals surface area contributed by atoms with Gasteiger partial charge in [0.25, 0.3) is 0 Å². The van der Waals surface area contributed by atoms with Crippen LogP contribution in [0.25, 0.3) is 6.08 Å². The molecule has 29 heteroatoms. The van der Waals surface area contributed by atoms with E-state index in [0.717, 1.165) is 18.8 Å². The minimum atomic E-state index is -2.21. The van der Waals surface area contributed by atoms with Crippen LogP contribution < -0.4 is 0 Å². The van der Waals surface area contributed by atoms with Crippen molar-refractivity contribution in [3.8, 4) is 0 Å². The number of benzene rings is 1. The number of allylic oxidation sites excluding steroid dienone is 2. The second-order valence-electron chi connectivity index (χ2n) is 32.3. The first-order valence-corrected chi connectivity index (χ1v) is 35.4. The maximum atomic E-state index is 16.0. The number of hydrogen-bond acceptors (Lipinski definition) is 28. The lowest BCUT2D eigenvalue weighted by molar-refractivity contribution is -0.399. The van der Waals surface area contributed by atoms with E-state index in [1.54, 1.807) is 19.9 Å². The summed E-state index contributed by atoms with van der Waals surface area (Å²) in [5, 5.41) is 144. The Bertz CT molecular complexity index is 3200. The molecule has 13 N–H and O–H groups in total. The van der Waals surface area contributed by atoms with E-state index in [-0.39, 0.29) is 37.0 Å².